The van der Waals surface area contributed by atoms with Gasteiger partial charge in [0.05, 0.1) is 6.61 Å². The van der Waals surface area contributed by atoms with Crippen molar-refractivity contribution in [1.29, 1.82) is 0 Å². The lowest BCUT2D eigenvalue weighted by Gasteiger charge is -2.06. The molecule has 0 heterocycles. The number of primary amides is 1. The van der Waals surface area contributed by atoms with E-state index in [0.717, 1.165) is 0 Å². The molecule has 0 atom stereocenters. The molecule has 5 nitrogen and oxygen atoms in total. The molecule has 0 aromatic heterocycles. The molecule has 3 amide bonds. The van der Waals surface area contributed by atoms with Crippen LogP contribution in [0.3, 0.4) is 0 Å². The molecule has 58 valence electrons. The summed E-state index contributed by atoms with van der Waals surface area (Å²) in [4.78, 5) is 20.6. The minimum absolute atomic E-state index is 0.148. The van der Waals surface area contributed by atoms with E-state index < -0.39 is 12.1 Å². The molecule has 6 heteroatoms. The maximum atomic E-state index is 10.5. The molecule has 0 spiro atoms. The first kappa shape index (κ1) is 9.03. The third-order valence-electron chi connectivity index (χ3n) is 0.622. The molecule has 0 aliphatic rings. The Morgan fingerprint density at radius 3 is 2.50 bits per heavy atom. The van der Waals surface area contributed by atoms with Crippen LogP contribution in [0.25, 0.3) is 0 Å². The first-order valence-corrected chi connectivity index (χ1v) is 2.85. The lowest BCUT2D eigenvalue weighted by Crippen LogP contribution is -2.33. The van der Waals surface area contributed by atoms with Crippen molar-refractivity contribution in [3.63, 3.8) is 0 Å². The van der Waals surface area contributed by atoms with Gasteiger partial charge in [-0.1, -0.05) is 0 Å². The van der Waals surface area contributed by atoms with Gasteiger partial charge in [-0.3, -0.25) is 0 Å². The van der Waals surface area contributed by atoms with E-state index in [9.17, 15) is 9.59 Å². The molecule has 0 rings (SSSR count). The van der Waals surface area contributed by atoms with Crippen LogP contribution in [-0.4, -0.2) is 23.2 Å². The SMILES string of the molecule is CCOC(=O)N(Cl)C(N)=O. The molecular weight excluding hydrogens is 160 g/mol. The first-order chi connectivity index (χ1) is 4.59. The van der Waals surface area contributed by atoms with Crippen molar-refractivity contribution in [2.24, 2.45) is 5.73 Å². The zero-order valence-electron chi connectivity index (χ0n) is 5.33. The summed E-state index contributed by atoms with van der Waals surface area (Å²) in [7, 11) is 0. The zero-order valence-corrected chi connectivity index (χ0v) is 6.09. The van der Waals surface area contributed by atoms with Gasteiger partial charge in [-0.2, -0.15) is 0 Å². The highest BCUT2D eigenvalue weighted by Gasteiger charge is 2.16. The van der Waals surface area contributed by atoms with E-state index in [-0.39, 0.29) is 11.0 Å². The Hall–Kier alpha value is -0.970. The molecule has 0 saturated carbocycles. The van der Waals surface area contributed by atoms with Crippen LogP contribution >= 0.6 is 11.8 Å². The minimum Gasteiger partial charge on any atom is -0.448 e. The van der Waals surface area contributed by atoms with Gasteiger partial charge in [0.25, 0.3) is 0 Å². The maximum Gasteiger partial charge on any atom is 0.433 e. The zero-order chi connectivity index (χ0) is 8.15. The molecule has 0 bridgehead atoms. The van der Waals surface area contributed by atoms with Gasteiger partial charge in [0.2, 0.25) is 0 Å². The number of amides is 3. The molecule has 10 heavy (non-hydrogen) atoms. The number of nitrogens with two attached hydrogens (primary N) is 1. The maximum absolute atomic E-state index is 10.5. The van der Waals surface area contributed by atoms with Crippen LogP contribution in [0.4, 0.5) is 9.59 Å². The average molecular weight is 167 g/mol. The molecular formula is C4H7ClN2O3. The lowest BCUT2D eigenvalue weighted by molar-refractivity contribution is 0.136. The number of carbonyl (C=O) groups excluding carboxylic acids is 2. The number of imide groups is 1. The number of carbonyl (C=O) groups is 2. The second-order valence-corrected chi connectivity index (χ2v) is 1.66. The number of ether oxygens (including phenoxy) is 1. The largest absolute Gasteiger partial charge is 0.448 e. The number of rotatable bonds is 1. The normalized spacial score (nSPS) is 8.60. The molecule has 0 radical (unpaired) electrons. The highest BCUT2D eigenvalue weighted by molar-refractivity contribution is 6.28. The van der Waals surface area contributed by atoms with E-state index in [2.05, 4.69) is 10.5 Å². The van der Waals surface area contributed by atoms with E-state index >= 15 is 0 Å². The fourth-order valence-corrected chi connectivity index (χ4v) is 0.319. The monoisotopic (exact) mass is 166 g/mol. The van der Waals surface area contributed by atoms with Crippen molar-refractivity contribution in [2.45, 2.75) is 6.92 Å². The number of hydrogen-bond acceptors (Lipinski definition) is 3. The lowest BCUT2D eigenvalue weighted by atomic mass is 10.8. The Kier molecular flexibility index (Phi) is 3.56. The summed E-state index contributed by atoms with van der Waals surface area (Å²) in [5, 5.41) is 0. The van der Waals surface area contributed by atoms with Crippen molar-refractivity contribution in [3.05, 3.63) is 0 Å². The third-order valence-corrected chi connectivity index (χ3v) is 0.926. The predicted octanol–water partition coefficient (Wildman–Crippen LogP) is 0.677. The number of nitrogens with zero attached hydrogens (tertiary/aromatic N) is 1. The van der Waals surface area contributed by atoms with Crippen LogP contribution in [0.5, 0.6) is 0 Å². The van der Waals surface area contributed by atoms with Gasteiger partial charge < -0.3 is 10.5 Å². The second-order valence-electron chi connectivity index (χ2n) is 1.32. The Labute approximate surface area is 62.8 Å². The number of hydrogen-bond donors (Lipinski definition) is 1. The van der Waals surface area contributed by atoms with E-state index in [1.165, 1.54) is 0 Å². The molecule has 0 aliphatic carbocycles. The van der Waals surface area contributed by atoms with Gasteiger partial charge in [0, 0.05) is 11.8 Å². The quantitative estimate of drug-likeness (QED) is 0.582. The van der Waals surface area contributed by atoms with Gasteiger partial charge >= 0.3 is 12.1 Å². The smallest absolute Gasteiger partial charge is 0.433 e. The van der Waals surface area contributed by atoms with Crippen LogP contribution in [0, 0.1) is 0 Å². The van der Waals surface area contributed by atoms with Gasteiger partial charge in [-0.25, -0.2) is 9.59 Å². The van der Waals surface area contributed by atoms with Gasteiger partial charge in [-0.15, -0.1) is 4.42 Å². The fraction of sp³-hybridized carbons (Fsp3) is 0.500. The third kappa shape index (κ3) is 2.54. The van der Waals surface area contributed by atoms with Crippen LogP contribution in [0.15, 0.2) is 0 Å². The Balaban J connectivity index is 3.82. The van der Waals surface area contributed by atoms with Crippen LogP contribution in [0.1, 0.15) is 6.92 Å². The first-order valence-electron chi connectivity index (χ1n) is 2.51. The van der Waals surface area contributed by atoms with Gasteiger partial charge in [-0.05, 0) is 6.92 Å². The molecule has 0 fully saturated rings. The Morgan fingerprint density at radius 1 is 1.70 bits per heavy atom. The number of halogens is 1. The topological polar surface area (TPSA) is 72.6 Å². The van der Waals surface area contributed by atoms with Crippen LogP contribution in [-0.2, 0) is 4.74 Å². The average Bonchev–Trinajstić information content (AvgIpc) is 1.87. The van der Waals surface area contributed by atoms with E-state index in [1.54, 1.807) is 6.92 Å². The minimum atomic E-state index is -1.06. The van der Waals surface area contributed by atoms with Crippen molar-refractivity contribution >= 4 is 23.9 Å². The highest BCUT2D eigenvalue weighted by Crippen LogP contribution is 1.96. The summed E-state index contributed by atoms with van der Waals surface area (Å²) >= 11 is 5.03. The van der Waals surface area contributed by atoms with Gasteiger partial charge in [0.1, 0.15) is 0 Å². The standard InChI is InChI=1S/C4H7ClN2O3/c1-2-10-4(9)7(5)3(6)8/h2H2,1H3,(H2,6,8). The van der Waals surface area contributed by atoms with E-state index in [1.807, 2.05) is 0 Å². The number of urea groups is 1. The molecule has 2 N–H and O–H groups in total. The van der Waals surface area contributed by atoms with Gasteiger partial charge in [0.15, 0.2) is 0 Å². The Bertz CT molecular complexity index is 149. The predicted molar refractivity (Wildman–Crippen MR) is 34.3 cm³/mol. The molecule has 0 aliphatic heterocycles. The van der Waals surface area contributed by atoms with E-state index in [4.69, 9.17) is 11.8 Å². The van der Waals surface area contributed by atoms with Crippen molar-refractivity contribution in [3.8, 4) is 0 Å². The summed E-state index contributed by atoms with van der Waals surface area (Å²) in [6, 6.07) is -1.06. The van der Waals surface area contributed by atoms with Crippen LogP contribution in [0.2, 0.25) is 0 Å². The second kappa shape index (κ2) is 3.94. The Morgan fingerprint density at radius 2 is 2.20 bits per heavy atom. The molecule has 0 aromatic carbocycles. The summed E-state index contributed by atoms with van der Waals surface area (Å²) in [6.45, 7) is 1.74. The highest BCUT2D eigenvalue weighted by atomic mass is 35.5. The summed E-state index contributed by atoms with van der Waals surface area (Å²) in [6.07, 6.45) is -0.961. The van der Waals surface area contributed by atoms with Crippen LogP contribution < -0.4 is 5.73 Å². The fourth-order valence-electron chi connectivity index (χ4n) is 0.270. The molecule has 0 unspecified atom stereocenters. The summed E-state index contributed by atoms with van der Waals surface area (Å²) in [5.74, 6) is 0. The van der Waals surface area contributed by atoms with Crippen molar-refractivity contribution in [2.75, 3.05) is 6.61 Å². The van der Waals surface area contributed by atoms with Crippen molar-refractivity contribution < 1.29 is 14.3 Å². The summed E-state index contributed by atoms with van der Waals surface area (Å²) < 4.78 is 4.49. The molecule has 0 saturated heterocycles. The van der Waals surface area contributed by atoms with E-state index in [0.29, 0.717) is 0 Å². The summed E-state index contributed by atoms with van der Waals surface area (Å²) in [5.41, 5.74) is 4.62. The molecule has 0 aromatic rings. The van der Waals surface area contributed by atoms with Crippen molar-refractivity contribution in [1.82, 2.24) is 4.42 Å².